The van der Waals surface area contributed by atoms with Crippen LogP contribution in [-0.2, 0) is 11.2 Å². The number of piperidine rings is 1. The van der Waals surface area contributed by atoms with E-state index in [1.807, 2.05) is 12.1 Å². The molecule has 24 heavy (non-hydrogen) atoms. The Balaban J connectivity index is 1.51. The lowest BCUT2D eigenvalue weighted by Crippen LogP contribution is -2.47. The Hall–Kier alpha value is -2.56. The molecule has 1 atom stereocenters. The summed E-state index contributed by atoms with van der Waals surface area (Å²) < 4.78 is 0. The van der Waals surface area contributed by atoms with Crippen molar-refractivity contribution in [2.75, 3.05) is 19.6 Å². The summed E-state index contributed by atoms with van der Waals surface area (Å²) in [5, 5.41) is 14.4. The van der Waals surface area contributed by atoms with Crippen LogP contribution in [0.5, 0.6) is 0 Å². The molecule has 1 aliphatic rings. The van der Waals surface area contributed by atoms with Gasteiger partial charge in [0.25, 0.3) is 0 Å². The van der Waals surface area contributed by atoms with Crippen LogP contribution in [0.3, 0.4) is 0 Å². The second-order valence-electron chi connectivity index (χ2n) is 6.29. The molecule has 5 nitrogen and oxygen atoms in total. The first-order valence-electron chi connectivity index (χ1n) is 8.37. The summed E-state index contributed by atoms with van der Waals surface area (Å²) in [4.78, 5) is 24.9. The lowest BCUT2D eigenvalue weighted by atomic mass is 9.99. The van der Waals surface area contributed by atoms with Crippen molar-refractivity contribution < 1.29 is 14.7 Å². The fourth-order valence-corrected chi connectivity index (χ4v) is 3.18. The number of likely N-dealkylation sites (tertiary alicyclic amines) is 1. The van der Waals surface area contributed by atoms with Crippen molar-refractivity contribution in [2.45, 2.75) is 19.3 Å². The number of nitrogens with zero attached hydrogens (tertiary/aromatic N) is 1. The third kappa shape index (κ3) is 3.85. The fraction of sp³-hybridized carbons (Fsp3) is 0.368. The molecule has 3 rings (SSSR count). The maximum Gasteiger partial charge on any atom is 0.317 e. The van der Waals surface area contributed by atoms with Gasteiger partial charge in [-0.2, -0.15) is 0 Å². The smallest absolute Gasteiger partial charge is 0.317 e. The molecular weight excluding hydrogens is 304 g/mol. The van der Waals surface area contributed by atoms with E-state index in [0.29, 0.717) is 26.1 Å². The van der Waals surface area contributed by atoms with Crippen LogP contribution >= 0.6 is 0 Å². The number of nitrogens with one attached hydrogen (secondary N) is 1. The molecule has 2 N–H and O–H groups in total. The molecule has 2 amide bonds. The molecular formula is C19H22N2O3. The summed E-state index contributed by atoms with van der Waals surface area (Å²) in [6, 6.07) is 14.3. The highest BCUT2D eigenvalue weighted by Gasteiger charge is 2.27. The van der Waals surface area contributed by atoms with Gasteiger partial charge in [-0.15, -0.1) is 0 Å². The molecule has 2 aromatic carbocycles. The first-order chi connectivity index (χ1) is 11.6. The molecule has 0 aliphatic carbocycles. The van der Waals surface area contributed by atoms with E-state index in [0.717, 1.165) is 12.8 Å². The lowest BCUT2D eigenvalue weighted by Gasteiger charge is -2.30. The number of carbonyl (C=O) groups is 2. The molecule has 0 bridgehead atoms. The number of aliphatic carboxylic acids is 1. The van der Waals surface area contributed by atoms with E-state index in [-0.39, 0.29) is 6.03 Å². The van der Waals surface area contributed by atoms with Crippen LogP contribution in [0.2, 0.25) is 0 Å². The molecule has 0 radical (unpaired) electrons. The van der Waals surface area contributed by atoms with Crippen molar-refractivity contribution >= 4 is 22.8 Å². The molecule has 5 heteroatoms. The maximum atomic E-state index is 12.2. The molecule has 1 fully saturated rings. The third-order valence-electron chi connectivity index (χ3n) is 4.56. The number of carboxylic acids is 1. The second kappa shape index (κ2) is 7.34. The van der Waals surface area contributed by atoms with E-state index in [1.54, 1.807) is 4.90 Å². The predicted octanol–water partition coefficient (Wildman–Crippen LogP) is 2.89. The van der Waals surface area contributed by atoms with E-state index in [2.05, 4.69) is 35.6 Å². The largest absolute Gasteiger partial charge is 0.481 e. The van der Waals surface area contributed by atoms with E-state index < -0.39 is 11.9 Å². The standard InChI is InChI=1S/C19H22N2O3/c22-18(23)17-6-3-11-21(13-17)19(24)20-10-9-14-7-8-15-4-1-2-5-16(15)12-14/h1-2,4-5,7-8,12,17H,3,6,9-11,13H2,(H,20,24)(H,22,23). The maximum absolute atomic E-state index is 12.2. The van der Waals surface area contributed by atoms with Crippen molar-refractivity contribution in [2.24, 2.45) is 5.92 Å². The number of urea groups is 1. The minimum atomic E-state index is -0.816. The monoisotopic (exact) mass is 326 g/mol. The van der Waals surface area contributed by atoms with Crippen molar-refractivity contribution in [1.82, 2.24) is 10.2 Å². The Morgan fingerprint density at radius 3 is 2.75 bits per heavy atom. The quantitative estimate of drug-likeness (QED) is 0.907. The average Bonchev–Trinajstić information content (AvgIpc) is 2.61. The van der Waals surface area contributed by atoms with Crippen molar-refractivity contribution in [3.8, 4) is 0 Å². The molecule has 1 saturated heterocycles. The Kier molecular flexibility index (Phi) is 4.99. The normalized spacial score (nSPS) is 17.7. The van der Waals surface area contributed by atoms with Gasteiger partial charge in [-0.1, -0.05) is 42.5 Å². The number of benzene rings is 2. The Bertz CT molecular complexity index is 744. The Morgan fingerprint density at radius 1 is 1.17 bits per heavy atom. The Labute approximate surface area is 141 Å². The molecule has 0 aromatic heterocycles. The van der Waals surface area contributed by atoms with Crippen LogP contribution in [-0.4, -0.2) is 41.6 Å². The fourth-order valence-electron chi connectivity index (χ4n) is 3.18. The number of hydrogen-bond donors (Lipinski definition) is 2. The summed E-state index contributed by atoms with van der Waals surface area (Å²) in [5.74, 6) is -1.26. The molecule has 1 heterocycles. The van der Waals surface area contributed by atoms with E-state index >= 15 is 0 Å². The zero-order chi connectivity index (χ0) is 16.9. The second-order valence-corrected chi connectivity index (χ2v) is 6.29. The van der Waals surface area contributed by atoms with Gasteiger partial charge in [0.2, 0.25) is 0 Å². The van der Waals surface area contributed by atoms with Gasteiger partial charge in [0.05, 0.1) is 5.92 Å². The van der Waals surface area contributed by atoms with E-state index in [9.17, 15) is 9.59 Å². The first-order valence-corrected chi connectivity index (χ1v) is 8.37. The van der Waals surface area contributed by atoms with E-state index in [1.165, 1.54) is 16.3 Å². The highest BCUT2D eigenvalue weighted by Crippen LogP contribution is 2.17. The number of carboxylic acid groups (broad SMARTS) is 1. The number of rotatable bonds is 4. The summed E-state index contributed by atoms with van der Waals surface area (Å²) in [7, 11) is 0. The van der Waals surface area contributed by atoms with Gasteiger partial charge in [0, 0.05) is 19.6 Å². The van der Waals surface area contributed by atoms with Gasteiger partial charge >= 0.3 is 12.0 Å². The number of hydrogen-bond acceptors (Lipinski definition) is 2. The SMILES string of the molecule is O=C(O)C1CCCN(C(=O)NCCc2ccc3ccccc3c2)C1. The lowest BCUT2D eigenvalue weighted by molar-refractivity contribution is -0.143. The van der Waals surface area contributed by atoms with Crippen molar-refractivity contribution in [3.63, 3.8) is 0 Å². The summed E-state index contributed by atoms with van der Waals surface area (Å²) in [6.07, 6.45) is 2.15. The first kappa shape index (κ1) is 16.3. The van der Waals surface area contributed by atoms with Gasteiger partial charge in [-0.3, -0.25) is 4.79 Å². The molecule has 126 valence electrons. The van der Waals surface area contributed by atoms with Crippen molar-refractivity contribution in [1.29, 1.82) is 0 Å². The molecule has 0 saturated carbocycles. The number of carbonyl (C=O) groups excluding carboxylic acids is 1. The summed E-state index contributed by atoms with van der Waals surface area (Å²) in [5.41, 5.74) is 1.18. The Morgan fingerprint density at radius 2 is 1.96 bits per heavy atom. The average molecular weight is 326 g/mol. The predicted molar refractivity (Wildman–Crippen MR) is 93.0 cm³/mol. The molecule has 1 unspecified atom stereocenters. The minimum absolute atomic E-state index is 0.165. The highest BCUT2D eigenvalue weighted by atomic mass is 16.4. The van der Waals surface area contributed by atoms with Crippen LogP contribution in [0.15, 0.2) is 42.5 Å². The zero-order valence-corrected chi connectivity index (χ0v) is 13.6. The van der Waals surface area contributed by atoms with Gasteiger partial charge in [-0.05, 0) is 35.6 Å². The van der Waals surface area contributed by atoms with Crippen LogP contribution in [0, 0.1) is 5.92 Å². The van der Waals surface area contributed by atoms with Gasteiger partial charge in [0.15, 0.2) is 0 Å². The number of amides is 2. The zero-order valence-electron chi connectivity index (χ0n) is 13.6. The summed E-state index contributed by atoms with van der Waals surface area (Å²) >= 11 is 0. The highest BCUT2D eigenvalue weighted by molar-refractivity contribution is 5.83. The van der Waals surface area contributed by atoms with Crippen LogP contribution in [0.4, 0.5) is 4.79 Å². The van der Waals surface area contributed by atoms with Crippen LogP contribution in [0.1, 0.15) is 18.4 Å². The van der Waals surface area contributed by atoms with Gasteiger partial charge in [0.1, 0.15) is 0 Å². The van der Waals surface area contributed by atoms with E-state index in [4.69, 9.17) is 5.11 Å². The topological polar surface area (TPSA) is 69.6 Å². The number of fused-ring (bicyclic) bond motifs is 1. The van der Waals surface area contributed by atoms with Gasteiger partial charge in [-0.25, -0.2) is 4.79 Å². The minimum Gasteiger partial charge on any atom is -0.481 e. The molecule has 1 aliphatic heterocycles. The van der Waals surface area contributed by atoms with Crippen LogP contribution in [0.25, 0.3) is 10.8 Å². The third-order valence-corrected chi connectivity index (χ3v) is 4.56. The van der Waals surface area contributed by atoms with Gasteiger partial charge < -0.3 is 15.3 Å². The molecule has 0 spiro atoms. The van der Waals surface area contributed by atoms with Crippen molar-refractivity contribution in [3.05, 3.63) is 48.0 Å². The summed E-state index contributed by atoms with van der Waals surface area (Å²) in [6.45, 7) is 1.48. The van der Waals surface area contributed by atoms with Crippen LogP contribution < -0.4 is 5.32 Å². The molecule has 2 aromatic rings.